The number of hydrogen-bond acceptors (Lipinski definition) is 7. The van der Waals surface area contributed by atoms with Gasteiger partial charge in [-0.05, 0) is 6.42 Å². The Kier molecular flexibility index (Phi) is 25.0. The van der Waals surface area contributed by atoms with Crippen LogP contribution in [0.1, 0.15) is 26.2 Å². The third kappa shape index (κ3) is 25.5. The zero-order valence-electron chi connectivity index (χ0n) is 17.2. The van der Waals surface area contributed by atoms with Crippen LogP contribution in [-0.4, -0.2) is 92.5 Å². The van der Waals surface area contributed by atoms with E-state index in [0.717, 1.165) is 13.0 Å². The molecule has 0 saturated carbocycles. The predicted molar refractivity (Wildman–Crippen MR) is 105 cm³/mol. The van der Waals surface area contributed by atoms with Gasteiger partial charge in [0.2, 0.25) is 0 Å². The first kappa shape index (κ1) is 26.5. The third-order valence-corrected chi connectivity index (χ3v) is 3.36. The summed E-state index contributed by atoms with van der Waals surface area (Å²) in [4.78, 5) is 0. The van der Waals surface area contributed by atoms with Crippen molar-refractivity contribution in [3.8, 4) is 0 Å². The molecule has 7 heteroatoms. The summed E-state index contributed by atoms with van der Waals surface area (Å²) in [6, 6.07) is 0. The molecule has 0 heterocycles. The first-order chi connectivity index (χ1) is 13.4. The van der Waals surface area contributed by atoms with Crippen LogP contribution in [0.3, 0.4) is 0 Å². The molecule has 0 rings (SSSR count). The van der Waals surface area contributed by atoms with Gasteiger partial charge in [-0.25, -0.2) is 0 Å². The summed E-state index contributed by atoms with van der Waals surface area (Å²) in [6.07, 6.45) is 5.29. The zero-order valence-corrected chi connectivity index (χ0v) is 17.2. The van der Waals surface area contributed by atoms with E-state index in [1.165, 1.54) is 12.8 Å². The van der Waals surface area contributed by atoms with E-state index in [1.54, 1.807) is 6.08 Å². The number of rotatable bonds is 24. The molecule has 0 aromatic rings. The van der Waals surface area contributed by atoms with Crippen LogP contribution in [0.25, 0.3) is 0 Å². The van der Waals surface area contributed by atoms with E-state index in [9.17, 15) is 0 Å². The Bertz CT molecular complexity index is 277. The van der Waals surface area contributed by atoms with Crippen molar-refractivity contribution in [2.45, 2.75) is 26.2 Å². The minimum Gasteiger partial charge on any atom is -0.379 e. The molecule has 0 aliphatic rings. The first-order valence-electron chi connectivity index (χ1n) is 10.1. The van der Waals surface area contributed by atoms with Crippen LogP contribution < -0.4 is 0 Å². The standard InChI is InChI=1S/C20H40O7/c1-3-5-6-8-22-10-12-24-14-16-26-18-20-27-19-17-25-15-13-23-11-9-21-7-4-2/h4H,2-3,5-20H2,1H3. The molecule has 0 amide bonds. The van der Waals surface area contributed by atoms with E-state index in [2.05, 4.69) is 13.5 Å². The fourth-order valence-corrected chi connectivity index (χ4v) is 1.94. The van der Waals surface area contributed by atoms with Crippen LogP contribution in [-0.2, 0) is 33.2 Å². The van der Waals surface area contributed by atoms with Crippen molar-refractivity contribution in [3.05, 3.63) is 12.7 Å². The molecule has 0 saturated heterocycles. The minimum atomic E-state index is 0.553. The fraction of sp³-hybridized carbons (Fsp3) is 0.900. The van der Waals surface area contributed by atoms with E-state index >= 15 is 0 Å². The van der Waals surface area contributed by atoms with Crippen molar-refractivity contribution in [2.24, 2.45) is 0 Å². The molecular formula is C20H40O7. The number of ether oxygens (including phenoxy) is 7. The third-order valence-electron chi connectivity index (χ3n) is 3.36. The van der Waals surface area contributed by atoms with Gasteiger partial charge in [-0.3, -0.25) is 0 Å². The van der Waals surface area contributed by atoms with Gasteiger partial charge in [-0.15, -0.1) is 6.58 Å². The van der Waals surface area contributed by atoms with Crippen LogP contribution in [0.4, 0.5) is 0 Å². The average molecular weight is 393 g/mol. The van der Waals surface area contributed by atoms with Gasteiger partial charge in [-0.2, -0.15) is 0 Å². The minimum absolute atomic E-state index is 0.553. The van der Waals surface area contributed by atoms with Gasteiger partial charge in [0, 0.05) is 6.61 Å². The van der Waals surface area contributed by atoms with E-state index < -0.39 is 0 Å². The summed E-state index contributed by atoms with van der Waals surface area (Å²) in [5.74, 6) is 0. The van der Waals surface area contributed by atoms with E-state index in [-0.39, 0.29) is 0 Å². The zero-order chi connectivity index (χ0) is 19.7. The second-order valence-corrected chi connectivity index (χ2v) is 5.74. The molecule has 162 valence electrons. The second-order valence-electron chi connectivity index (χ2n) is 5.74. The normalized spacial score (nSPS) is 11.1. The highest BCUT2D eigenvalue weighted by atomic mass is 16.6. The Morgan fingerprint density at radius 3 is 1.15 bits per heavy atom. The molecular weight excluding hydrogens is 352 g/mol. The summed E-state index contributed by atoms with van der Waals surface area (Å²) in [7, 11) is 0. The molecule has 0 bridgehead atoms. The Hall–Kier alpha value is -0.540. The van der Waals surface area contributed by atoms with E-state index in [0.29, 0.717) is 85.9 Å². The van der Waals surface area contributed by atoms with Crippen LogP contribution in [0.15, 0.2) is 12.7 Å². The Morgan fingerprint density at radius 2 is 0.815 bits per heavy atom. The largest absolute Gasteiger partial charge is 0.379 e. The summed E-state index contributed by atoms with van der Waals surface area (Å²) in [5, 5.41) is 0. The quantitative estimate of drug-likeness (QED) is 0.185. The predicted octanol–water partition coefficient (Wildman–Crippen LogP) is 2.48. The monoisotopic (exact) mass is 392 g/mol. The van der Waals surface area contributed by atoms with Gasteiger partial charge in [0.1, 0.15) is 0 Å². The van der Waals surface area contributed by atoms with Gasteiger partial charge >= 0.3 is 0 Å². The summed E-state index contributed by atoms with van der Waals surface area (Å²) >= 11 is 0. The lowest BCUT2D eigenvalue weighted by Crippen LogP contribution is -2.14. The molecule has 0 atom stereocenters. The summed E-state index contributed by atoms with van der Waals surface area (Å²) < 4.78 is 37.7. The molecule has 0 N–H and O–H groups in total. The van der Waals surface area contributed by atoms with Crippen LogP contribution in [0.2, 0.25) is 0 Å². The fourth-order valence-electron chi connectivity index (χ4n) is 1.94. The average Bonchev–Trinajstić information content (AvgIpc) is 2.68. The summed E-state index contributed by atoms with van der Waals surface area (Å²) in [5.41, 5.74) is 0. The highest BCUT2D eigenvalue weighted by Gasteiger charge is 1.94. The van der Waals surface area contributed by atoms with Crippen LogP contribution in [0, 0.1) is 0 Å². The van der Waals surface area contributed by atoms with Gasteiger partial charge in [0.25, 0.3) is 0 Å². The van der Waals surface area contributed by atoms with Gasteiger partial charge in [0.15, 0.2) is 0 Å². The van der Waals surface area contributed by atoms with Crippen molar-refractivity contribution in [2.75, 3.05) is 92.5 Å². The Morgan fingerprint density at radius 1 is 0.481 bits per heavy atom. The number of unbranched alkanes of at least 4 members (excludes halogenated alkanes) is 2. The lowest BCUT2D eigenvalue weighted by Gasteiger charge is -2.08. The van der Waals surface area contributed by atoms with Gasteiger partial charge < -0.3 is 33.2 Å². The van der Waals surface area contributed by atoms with Crippen LogP contribution >= 0.6 is 0 Å². The first-order valence-corrected chi connectivity index (χ1v) is 10.1. The molecule has 27 heavy (non-hydrogen) atoms. The SMILES string of the molecule is C=CCOCCOCCOCCOCCOCCOCCOCCCCC. The Labute approximate surface area is 165 Å². The van der Waals surface area contributed by atoms with Gasteiger partial charge in [-0.1, -0.05) is 25.8 Å². The lowest BCUT2D eigenvalue weighted by molar-refractivity contribution is -0.0198. The topological polar surface area (TPSA) is 64.6 Å². The second kappa shape index (κ2) is 25.5. The lowest BCUT2D eigenvalue weighted by atomic mass is 10.3. The molecule has 0 aliphatic carbocycles. The van der Waals surface area contributed by atoms with Crippen molar-refractivity contribution in [3.63, 3.8) is 0 Å². The smallest absolute Gasteiger partial charge is 0.0704 e. The molecule has 0 aromatic carbocycles. The van der Waals surface area contributed by atoms with Crippen molar-refractivity contribution >= 4 is 0 Å². The maximum Gasteiger partial charge on any atom is 0.0704 e. The maximum atomic E-state index is 5.45. The molecule has 0 radical (unpaired) electrons. The van der Waals surface area contributed by atoms with Gasteiger partial charge in [0.05, 0.1) is 85.9 Å². The molecule has 7 nitrogen and oxygen atoms in total. The van der Waals surface area contributed by atoms with Crippen molar-refractivity contribution in [1.82, 2.24) is 0 Å². The highest BCUT2D eigenvalue weighted by molar-refractivity contribution is 4.63. The molecule has 0 fully saturated rings. The summed E-state index contributed by atoms with van der Waals surface area (Å²) in [6.45, 7) is 14.1. The molecule has 0 aliphatic heterocycles. The Balaban J connectivity index is 2.96. The van der Waals surface area contributed by atoms with E-state index in [4.69, 9.17) is 33.2 Å². The highest BCUT2D eigenvalue weighted by Crippen LogP contribution is 1.93. The molecule has 0 unspecified atom stereocenters. The molecule has 0 aromatic heterocycles. The molecule has 0 spiro atoms. The maximum absolute atomic E-state index is 5.45. The van der Waals surface area contributed by atoms with Crippen molar-refractivity contribution < 1.29 is 33.2 Å². The van der Waals surface area contributed by atoms with Crippen molar-refractivity contribution in [1.29, 1.82) is 0 Å². The van der Waals surface area contributed by atoms with E-state index in [1.807, 2.05) is 0 Å². The number of hydrogen-bond donors (Lipinski definition) is 0. The van der Waals surface area contributed by atoms with Crippen LogP contribution in [0.5, 0.6) is 0 Å².